The van der Waals surface area contributed by atoms with Crippen molar-refractivity contribution in [1.82, 2.24) is 0 Å². The number of benzene rings is 2. The van der Waals surface area contributed by atoms with E-state index in [4.69, 9.17) is 28.9 Å². The van der Waals surface area contributed by atoms with E-state index in [9.17, 15) is 27.2 Å². The van der Waals surface area contributed by atoms with Crippen molar-refractivity contribution in [3.8, 4) is 0 Å². The van der Waals surface area contributed by atoms with Crippen molar-refractivity contribution in [2.45, 2.75) is 0 Å². The number of rotatable bonds is 2. The number of halogens is 6. The van der Waals surface area contributed by atoms with Gasteiger partial charge in [-0.05, 0) is 18.2 Å². The fourth-order valence-electron chi connectivity index (χ4n) is 1.87. The van der Waals surface area contributed by atoms with Crippen LogP contribution >= 0.6 is 23.2 Å². The summed E-state index contributed by atoms with van der Waals surface area (Å²) in [7, 11) is 0. The Morgan fingerprint density at radius 2 is 1.54 bits per heavy atom. The molecule has 2 aromatic carbocycles. The summed E-state index contributed by atoms with van der Waals surface area (Å²) in [5.74, 6) is -7.14. The van der Waals surface area contributed by atoms with Crippen molar-refractivity contribution in [1.29, 1.82) is 0 Å². The Bertz CT molecular complexity index is 841. The van der Waals surface area contributed by atoms with Gasteiger partial charge in [0.1, 0.15) is 22.2 Å². The van der Waals surface area contributed by atoms with E-state index >= 15 is 0 Å². The van der Waals surface area contributed by atoms with Crippen LogP contribution in [0, 0.1) is 23.3 Å². The Labute approximate surface area is 142 Å². The Balaban J connectivity index is 2.69. The number of nitrogens with zero attached hydrogens (tertiary/aromatic N) is 1. The summed E-state index contributed by atoms with van der Waals surface area (Å²) in [5, 5.41) is -1.85. The lowest BCUT2D eigenvalue weighted by molar-refractivity contribution is 0.0986. The van der Waals surface area contributed by atoms with Gasteiger partial charge in [-0.25, -0.2) is 27.3 Å². The van der Waals surface area contributed by atoms with Gasteiger partial charge in [0.05, 0.1) is 10.7 Å². The summed E-state index contributed by atoms with van der Waals surface area (Å²) < 4.78 is 55.0. The fourth-order valence-corrected chi connectivity index (χ4v) is 2.31. The maximum Gasteiger partial charge on any atom is 0.326 e. The van der Waals surface area contributed by atoms with Crippen LogP contribution in [-0.2, 0) is 0 Å². The monoisotopic (exact) mass is 380 g/mol. The number of hydrogen-bond acceptors (Lipinski definition) is 2. The third-order valence-electron chi connectivity index (χ3n) is 2.92. The molecule has 4 nitrogen and oxygen atoms in total. The minimum Gasteiger partial charge on any atom is -0.351 e. The van der Waals surface area contributed by atoms with E-state index in [0.29, 0.717) is 6.07 Å². The second-order valence-corrected chi connectivity index (χ2v) is 5.18. The largest absolute Gasteiger partial charge is 0.351 e. The molecule has 0 atom stereocenters. The van der Waals surface area contributed by atoms with Crippen LogP contribution in [0.3, 0.4) is 0 Å². The highest BCUT2D eigenvalue weighted by Crippen LogP contribution is 2.34. The maximum absolute atomic E-state index is 14.1. The number of nitrogens with two attached hydrogens (primary N) is 1. The van der Waals surface area contributed by atoms with Crippen LogP contribution in [0.15, 0.2) is 24.3 Å². The van der Waals surface area contributed by atoms with Gasteiger partial charge in [-0.3, -0.25) is 4.79 Å². The summed E-state index contributed by atoms with van der Waals surface area (Å²) in [6.45, 7) is 0. The summed E-state index contributed by atoms with van der Waals surface area (Å²) in [5.41, 5.74) is 2.88. The van der Waals surface area contributed by atoms with E-state index < -0.39 is 56.5 Å². The molecule has 0 bridgehead atoms. The number of carbonyl (C=O) groups is 2. The van der Waals surface area contributed by atoms with Gasteiger partial charge in [-0.1, -0.05) is 29.3 Å². The van der Waals surface area contributed by atoms with Crippen LogP contribution in [0.1, 0.15) is 10.4 Å². The Kier molecular flexibility index (Phi) is 5.00. The first-order valence-electron chi connectivity index (χ1n) is 6.07. The molecule has 126 valence electrons. The van der Waals surface area contributed by atoms with Gasteiger partial charge >= 0.3 is 6.03 Å². The molecule has 0 aromatic heterocycles. The Hall–Kier alpha value is -2.32. The minimum atomic E-state index is -1.62. The topological polar surface area (TPSA) is 63.4 Å². The first-order valence-corrected chi connectivity index (χ1v) is 6.83. The molecule has 0 heterocycles. The van der Waals surface area contributed by atoms with Gasteiger partial charge in [0.25, 0.3) is 5.91 Å². The average Bonchev–Trinajstić information content (AvgIpc) is 2.50. The summed E-state index contributed by atoms with van der Waals surface area (Å²) >= 11 is 10.9. The smallest absolute Gasteiger partial charge is 0.326 e. The van der Waals surface area contributed by atoms with Gasteiger partial charge < -0.3 is 5.73 Å². The highest BCUT2D eigenvalue weighted by atomic mass is 35.5. The number of imide groups is 1. The third-order valence-corrected chi connectivity index (χ3v) is 3.53. The van der Waals surface area contributed by atoms with Crippen LogP contribution in [0.4, 0.5) is 28.0 Å². The van der Waals surface area contributed by atoms with Gasteiger partial charge in [0, 0.05) is 0 Å². The quantitative estimate of drug-likeness (QED) is 0.480. The maximum atomic E-state index is 14.1. The van der Waals surface area contributed by atoms with Crippen LogP contribution in [0.2, 0.25) is 10.0 Å². The highest BCUT2D eigenvalue weighted by molar-refractivity contribution is 6.36. The molecular weight excluding hydrogens is 375 g/mol. The number of primary amides is 1. The minimum absolute atomic E-state index is 0.103. The number of carbonyl (C=O) groups excluding carboxylic acids is 2. The van der Waals surface area contributed by atoms with E-state index in [0.717, 1.165) is 18.2 Å². The molecule has 24 heavy (non-hydrogen) atoms. The predicted molar refractivity (Wildman–Crippen MR) is 79.1 cm³/mol. The van der Waals surface area contributed by atoms with E-state index in [1.54, 1.807) is 0 Å². The number of amides is 3. The van der Waals surface area contributed by atoms with Gasteiger partial charge in [-0.15, -0.1) is 0 Å². The normalized spacial score (nSPS) is 10.6. The molecule has 0 saturated carbocycles. The van der Waals surface area contributed by atoms with E-state index in [-0.39, 0.29) is 4.90 Å². The zero-order valence-corrected chi connectivity index (χ0v) is 12.9. The first-order chi connectivity index (χ1) is 11.2. The molecule has 0 saturated heterocycles. The van der Waals surface area contributed by atoms with Crippen LogP contribution < -0.4 is 10.6 Å². The van der Waals surface area contributed by atoms with Gasteiger partial charge in [0.15, 0.2) is 11.6 Å². The predicted octanol–water partition coefficient (Wildman–Crippen LogP) is 4.28. The van der Waals surface area contributed by atoms with Crippen molar-refractivity contribution in [3.63, 3.8) is 0 Å². The first kappa shape index (κ1) is 18.0. The zero-order chi connectivity index (χ0) is 18.2. The molecule has 3 amide bonds. The second kappa shape index (κ2) is 6.66. The van der Waals surface area contributed by atoms with Crippen LogP contribution in [-0.4, -0.2) is 11.9 Å². The Morgan fingerprint density at radius 3 is 2.04 bits per heavy atom. The van der Waals surface area contributed by atoms with Gasteiger partial charge in [0.2, 0.25) is 0 Å². The molecule has 0 aliphatic carbocycles. The van der Waals surface area contributed by atoms with E-state index in [2.05, 4.69) is 0 Å². The molecule has 0 aliphatic heterocycles. The molecule has 0 aliphatic rings. The molecule has 0 spiro atoms. The van der Waals surface area contributed by atoms with Crippen molar-refractivity contribution in [3.05, 3.63) is 63.1 Å². The molecular formula is C14H6Cl2F4N2O2. The molecule has 0 fully saturated rings. The lowest BCUT2D eigenvalue weighted by Crippen LogP contribution is -2.42. The van der Waals surface area contributed by atoms with Gasteiger partial charge in [-0.2, -0.15) is 0 Å². The number of hydrogen-bond donors (Lipinski definition) is 1. The van der Waals surface area contributed by atoms with Crippen molar-refractivity contribution in [2.24, 2.45) is 5.73 Å². The van der Waals surface area contributed by atoms with Crippen molar-refractivity contribution >= 4 is 40.8 Å². The molecule has 10 heteroatoms. The lowest BCUT2D eigenvalue weighted by atomic mass is 10.1. The van der Waals surface area contributed by atoms with E-state index in [1.165, 1.54) is 0 Å². The van der Waals surface area contributed by atoms with Crippen LogP contribution in [0.5, 0.6) is 0 Å². The Morgan fingerprint density at radius 1 is 1.00 bits per heavy atom. The summed E-state index contributed by atoms with van der Waals surface area (Å²) in [4.78, 5) is 23.7. The molecule has 2 aromatic rings. The number of urea groups is 1. The molecule has 0 radical (unpaired) electrons. The third kappa shape index (κ3) is 3.02. The molecule has 2 rings (SSSR count). The van der Waals surface area contributed by atoms with Crippen molar-refractivity contribution in [2.75, 3.05) is 4.90 Å². The summed E-state index contributed by atoms with van der Waals surface area (Å²) in [6, 6.07) is 1.43. The standard InChI is InChI=1S/C14H6Cl2F4N2O2/c15-5-4-8(12(20)10(16)11(5)19)22(14(21)24)13(23)9-6(17)2-1-3-7(9)18/h1-4H,(H2,21,24). The molecule has 0 unspecified atom stereocenters. The van der Waals surface area contributed by atoms with Crippen LogP contribution in [0.25, 0.3) is 0 Å². The lowest BCUT2D eigenvalue weighted by Gasteiger charge is -2.20. The van der Waals surface area contributed by atoms with E-state index in [1.807, 2.05) is 0 Å². The molecule has 2 N–H and O–H groups in total. The SMILES string of the molecule is NC(=O)N(C(=O)c1c(F)cccc1F)c1cc(Cl)c(F)c(Cl)c1F. The summed E-state index contributed by atoms with van der Waals surface area (Å²) in [6.07, 6.45) is 0. The highest BCUT2D eigenvalue weighted by Gasteiger charge is 2.32. The zero-order valence-electron chi connectivity index (χ0n) is 11.4. The number of anilines is 1. The second-order valence-electron chi connectivity index (χ2n) is 4.39. The van der Waals surface area contributed by atoms with Crippen molar-refractivity contribution < 1.29 is 27.2 Å². The average molecular weight is 381 g/mol. The fraction of sp³-hybridized carbons (Fsp3) is 0.